The lowest BCUT2D eigenvalue weighted by molar-refractivity contribution is 0.514. The minimum atomic E-state index is 0.963. The maximum Gasteiger partial charge on any atom is 0.137 e. The van der Waals surface area contributed by atoms with Crippen molar-refractivity contribution < 1.29 is 4.42 Å². The van der Waals surface area contributed by atoms with Crippen molar-refractivity contribution in [1.29, 1.82) is 0 Å². The highest BCUT2D eigenvalue weighted by atomic mass is 16.3. The van der Waals surface area contributed by atoms with Gasteiger partial charge in [0.05, 0.1) is 0 Å². The molecule has 2 heteroatoms. The Morgan fingerprint density at radius 1 is 0.962 bits per heavy atom. The van der Waals surface area contributed by atoms with E-state index < -0.39 is 0 Å². The Hall–Kier alpha value is -2.32. The minimum Gasteiger partial charge on any atom is -0.460 e. The number of rotatable bonds is 4. The summed E-state index contributed by atoms with van der Waals surface area (Å²) in [4.78, 5) is 0. The average molecular weight is 345 g/mol. The Morgan fingerprint density at radius 3 is 2.38 bits per heavy atom. The van der Waals surface area contributed by atoms with Crippen LogP contribution in [0.4, 0.5) is 0 Å². The van der Waals surface area contributed by atoms with E-state index in [0.29, 0.717) is 0 Å². The molecule has 0 radical (unpaired) electrons. The summed E-state index contributed by atoms with van der Waals surface area (Å²) in [6.45, 7) is 4.31. The SMILES string of the molecule is CCCCc1c(-c2ccccc2)oc2c1CNCCC2.c1cc2cc-2c1. The van der Waals surface area contributed by atoms with Crippen molar-refractivity contribution in [3.63, 3.8) is 0 Å². The van der Waals surface area contributed by atoms with Gasteiger partial charge in [-0.2, -0.15) is 0 Å². The van der Waals surface area contributed by atoms with Gasteiger partial charge in [0.2, 0.25) is 0 Å². The number of hydrogen-bond donors (Lipinski definition) is 1. The fourth-order valence-electron chi connectivity index (χ4n) is 3.66. The Bertz CT molecular complexity index is 846. The number of nitrogens with one attached hydrogen (secondary N) is 1. The molecule has 0 unspecified atom stereocenters. The van der Waals surface area contributed by atoms with Crippen molar-refractivity contribution in [2.45, 2.75) is 45.6 Å². The van der Waals surface area contributed by atoms with E-state index in [-0.39, 0.29) is 0 Å². The number of fused-ring (bicyclic) bond motifs is 2. The van der Waals surface area contributed by atoms with E-state index in [1.807, 2.05) is 0 Å². The molecule has 5 rings (SSSR count). The second-order valence-corrected chi connectivity index (χ2v) is 7.14. The molecule has 2 aliphatic carbocycles. The van der Waals surface area contributed by atoms with Crippen LogP contribution in [0.15, 0.2) is 59.0 Å². The van der Waals surface area contributed by atoms with Gasteiger partial charge in [-0.25, -0.2) is 0 Å². The number of benzene rings is 2. The molecule has 0 atom stereocenters. The predicted molar refractivity (Wildman–Crippen MR) is 108 cm³/mol. The summed E-state index contributed by atoms with van der Waals surface area (Å²) >= 11 is 0. The van der Waals surface area contributed by atoms with Crippen molar-refractivity contribution >= 4 is 0 Å². The molecule has 1 aromatic carbocycles. The molecule has 2 heterocycles. The summed E-state index contributed by atoms with van der Waals surface area (Å²) in [5.41, 5.74) is 6.92. The van der Waals surface area contributed by atoms with Gasteiger partial charge < -0.3 is 9.73 Å². The molecule has 0 bridgehead atoms. The van der Waals surface area contributed by atoms with Crippen LogP contribution in [0, 0.1) is 0 Å². The first kappa shape index (κ1) is 17.1. The van der Waals surface area contributed by atoms with Crippen molar-refractivity contribution in [3.8, 4) is 22.5 Å². The van der Waals surface area contributed by atoms with Crippen LogP contribution in [-0.4, -0.2) is 6.54 Å². The van der Waals surface area contributed by atoms with Crippen LogP contribution in [0.5, 0.6) is 0 Å². The number of unbranched alkanes of at least 4 members (excludes halogenated alkanes) is 1. The molecular formula is C24H27NO. The maximum atomic E-state index is 6.26. The molecular weight excluding hydrogens is 318 g/mol. The van der Waals surface area contributed by atoms with Gasteiger partial charge >= 0.3 is 0 Å². The first-order valence-electron chi connectivity index (χ1n) is 9.87. The third-order valence-corrected chi connectivity index (χ3v) is 5.19. The van der Waals surface area contributed by atoms with Crippen LogP contribution < -0.4 is 5.32 Å². The van der Waals surface area contributed by atoms with E-state index in [0.717, 1.165) is 31.7 Å². The van der Waals surface area contributed by atoms with Crippen LogP contribution in [0.25, 0.3) is 22.5 Å². The zero-order valence-corrected chi connectivity index (χ0v) is 15.6. The third kappa shape index (κ3) is 3.76. The highest BCUT2D eigenvalue weighted by Gasteiger charge is 2.21. The van der Waals surface area contributed by atoms with E-state index in [1.165, 1.54) is 52.8 Å². The van der Waals surface area contributed by atoms with E-state index in [1.54, 1.807) is 0 Å². The van der Waals surface area contributed by atoms with Crippen LogP contribution in [0.1, 0.15) is 43.1 Å². The van der Waals surface area contributed by atoms with Gasteiger partial charge in [-0.1, -0.05) is 61.9 Å². The second kappa shape index (κ2) is 7.92. The average Bonchev–Trinajstić information content (AvgIpc) is 3.24. The smallest absolute Gasteiger partial charge is 0.137 e. The van der Waals surface area contributed by atoms with Gasteiger partial charge in [0.15, 0.2) is 0 Å². The van der Waals surface area contributed by atoms with Gasteiger partial charge in [0.1, 0.15) is 11.5 Å². The largest absolute Gasteiger partial charge is 0.460 e. The molecule has 0 saturated carbocycles. The Labute approximate surface area is 156 Å². The standard InChI is InChI=1S/C18H23NO.C6H4/c1-2-3-10-15-16-13-19-12-7-11-17(16)20-18(15)14-8-5-4-6-9-14;1-2-5-4-6(5)3-1/h4-6,8-9,19H,2-3,7,10-13H2,1H3;1-4H. The second-order valence-electron chi connectivity index (χ2n) is 7.14. The lowest BCUT2D eigenvalue weighted by Gasteiger charge is -2.06. The zero-order chi connectivity index (χ0) is 17.8. The van der Waals surface area contributed by atoms with Gasteiger partial charge in [0, 0.05) is 29.7 Å². The summed E-state index contributed by atoms with van der Waals surface area (Å²) in [5.74, 6) is 2.31. The number of aryl methyl sites for hydroxylation is 1. The topological polar surface area (TPSA) is 25.2 Å². The van der Waals surface area contributed by atoms with Crippen LogP contribution in [-0.2, 0) is 19.4 Å². The molecule has 26 heavy (non-hydrogen) atoms. The molecule has 0 spiro atoms. The number of hydrogen-bond acceptors (Lipinski definition) is 2. The summed E-state index contributed by atoms with van der Waals surface area (Å²) < 4.78 is 6.26. The molecule has 0 amide bonds. The van der Waals surface area contributed by atoms with Crippen LogP contribution >= 0.6 is 0 Å². The van der Waals surface area contributed by atoms with Crippen LogP contribution in [0.2, 0.25) is 0 Å². The lowest BCUT2D eigenvalue weighted by atomic mass is 9.98. The zero-order valence-electron chi connectivity index (χ0n) is 15.6. The summed E-state index contributed by atoms with van der Waals surface area (Å²) in [7, 11) is 0. The first-order chi connectivity index (χ1) is 12.9. The Morgan fingerprint density at radius 2 is 1.73 bits per heavy atom. The normalized spacial score (nSPS) is 14.0. The van der Waals surface area contributed by atoms with Crippen LogP contribution in [0.3, 0.4) is 0 Å². The fraction of sp³-hybridized carbons (Fsp3) is 0.333. The van der Waals surface area contributed by atoms with Crippen molar-refractivity contribution in [3.05, 3.63) is 71.5 Å². The number of furan rings is 1. The minimum absolute atomic E-state index is 0.963. The van der Waals surface area contributed by atoms with Crippen molar-refractivity contribution in [2.24, 2.45) is 0 Å². The highest BCUT2D eigenvalue weighted by molar-refractivity contribution is 5.80. The molecule has 1 aliphatic heterocycles. The summed E-state index contributed by atoms with van der Waals surface area (Å²) in [5, 5.41) is 3.53. The predicted octanol–water partition coefficient (Wildman–Crippen LogP) is 5.99. The van der Waals surface area contributed by atoms with Crippen molar-refractivity contribution in [2.75, 3.05) is 6.54 Å². The van der Waals surface area contributed by atoms with Gasteiger partial charge in [0.25, 0.3) is 0 Å². The molecule has 2 aromatic rings. The van der Waals surface area contributed by atoms with E-state index in [2.05, 4.69) is 66.8 Å². The highest BCUT2D eigenvalue weighted by Crippen LogP contribution is 2.34. The molecule has 134 valence electrons. The molecule has 1 aromatic heterocycles. The van der Waals surface area contributed by atoms with Gasteiger partial charge in [-0.05, 0) is 43.0 Å². The summed E-state index contributed by atoms with van der Waals surface area (Å²) in [6, 6.07) is 19.0. The third-order valence-electron chi connectivity index (χ3n) is 5.19. The molecule has 2 nitrogen and oxygen atoms in total. The van der Waals surface area contributed by atoms with Crippen molar-refractivity contribution in [1.82, 2.24) is 5.32 Å². The Kier molecular flexibility index (Phi) is 5.21. The van der Waals surface area contributed by atoms with Gasteiger partial charge in [-0.15, -0.1) is 0 Å². The molecule has 3 aliphatic rings. The summed E-state index contributed by atoms with van der Waals surface area (Å²) in [6.07, 6.45) is 5.81. The lowest BCUT2D eigenvalue weighted by Crippen LogP contribution is -2.13. The van der Waals surface area contributed by atoms with E-state index >= 15 is 0 Å². The monoisotopic (exact) mass is 345 g/mol. The van der Waals surface area contributed by atoms with E-state index in [9.17, 15) is 0 Å². The quantitative estimate of drug-likeness (QED) is 0.491. The Balaban J connectivity index is 0.000000233. The maximum absolute atomic E-state index is 6.26. The first-order valence-corrected chi connectivity index (χ1v) is 9.87. The van der Waals surface area contributed by atoms with Gasteiger partial charge in [-0.3, -0.25) is 0 Å². The molecule has 0 fully saturated rings. The fourth-order valence-corrected chi connectivity index (χ4v) is 3.66. The molecule has 1 N–H and O–H groups in total. The van der Waals surface area contributed by atoms with E-state index in [4.69, 9.17) is 4.42 Å². The molecule has 0 saturated heterocycles.